The average molecular weight is 409 g/mol. The van der Waals surface area contributed by atoms with Gasteiger partial charge in [0.05, 0.1) is 23.7 Å². The van der Waals surface area contributed by atoms with E-state index in [9.17, 15) is 14.0 Å². The van der Waals surface area contributed by atoms with Gasteiger partial charge < -0.3 is 9.30 Å². The third-order valence-electron chi connectivity index (χ3n) is 5.41. The molecule has 0 bridgehead atoms. The van der Waals surface area contributed by atoms with Crippen LogP contribution in [0.5, 0.6) is 0 Å². The van der Waals surface area contributed by atoms with Crippen molar-refractivity contribution in [2.24, 2.45) is 5.92 Å². The lowest BCUT2D eigenvalue weighted by Gasteiger charge is -2.38. The number of anilines is 1. The minimum absolute atomic E-state index is 0.158. The third kappa shape index (κ3) is 3.34. The van der Waals surface area contributed by atoms with Gasteiger partial charge in [-0.3, -0.25) is 14.5 Å². The van der Waals surface area contributed by atoms with Gasteiger partial charge in [-0.2, -0.15) is 0 Å². The second-order valence-electron chi connectivity index (χ2n) is 7.34. The number of para-hydroxylation sites is 2. The van der Waals surface area contributed by atoms with Crippen LogP contribution in [-0.4, -0.2) is 34.6 Å². The summed E-state index contributed by atoms with van der Waals surface area (Å²) in [6.45, 7) is 4.35. The van der Waals surface area contributed by atoms with Crippen molar-refractivity contribution in [3.63, 3.8) is 0 Å². The number of fused-ring (bicyclic) bond motifs is 3. The summed E-state index contributed by atoms with van der Waals surface area (Å²) in [4.78, 5) is 32.8. The Morgan fingerprint density at radius 2 is 1.97 bits per heavy atom. The maximum atomic E-state index is 14.1. The van der Waals surface area contributed by atoms with Gasteiger partial charge in [-0.05, 0) is 43.2 Å². The van der Waals surface area contributed by atoms with Gasteiger partial charge in [0.15, 0.2) is 5.92 Å². The number of rotatable bonds is 6. The Kier molecular flexibility index (Phi) is 5.53. The molecule has 0 radical (unpaired) electrons. The summed E-state index contributed by atoms with van der Waals surface area (Å²) in [5, 5.41) is 0. The van der Waals surface area contributed by atoms with Crippen LogP contribution < -0.4 is 4.90 Å². The van der Waals surface area contributed by atoms with E-state index in [2.05, 4.69) is 0 Å². The molecule has 2 atom stereocenters. The summed E-state index contributed by atoms with van der Waals surface area (Å²) >= 11 is 0. The fourth-order valence-electron chi connectivity index (χ4n) is 4.07. The van der Waals surface area contributed by atoms with Crippen LogP contribution in [0.3, 0.4) is 0 Å². The van der Waals surface area contributed by atoms with Gasteiger partial charge in [0.25, 0.3) is 0 Å². The molecule has 7 heteroatoms. The standard InChI is InChI=1S/C23H24FN3O3/c1-3-5-13-26-21(28)19(22(29)30-4-2)20(15-9-8-10-16(24)14-15)27-18-12-7-6-11-17(18)25-23(26)27/h6-12,14,19-20H,3-5,13H2,1-2H3/t19-,20-/m0/s1. The van der Waals surface area contributed by atoms with E-state index in [0.29, 0.717) is 23.6 Å². The van der Waals surface area contributed by atoms with Crippen LogP contribution in [0.25, 0.3) is 11.0 Å². The molecule has 0 saturated carbocycles. The first-order chi connectivity index (χ1) is 14.6. The molecule has 0 spiro atoms. The first kappa shape index (κ1) is 20.1. The van der Waals surface area contributed by atoms with Crippen LogP contribution in [-0.2, 0) is 14.3 Å². The molecule has 1 aliphatic rings. The quantitative estimate of drug-likeness (QED) is 0.454. The number of halogens is 1. The number of aromatic nitrogens is 2. The highest BCUT2D eigenvalue weighted by molar-refractivity contribution is 6.08. The lowest BCUT2D eigenvalue weighted by atomic mass is 9.89. The number of ether oxygens (including phenoxy) is 1. The van der Waals surface area contributed by atoms with E-state index in [1.807, 2.05) is 35.8 Å². The van der Waals surface area contributed by atoms with Crippen LogP contribution in [0.15, 0.2) is 48.5 Å². The third-order valence-corrected chi connectivity index (χ3v) is 5.41. The number of esters is 1. The van der Waals surface area contributed by atoms with Crippen molar-refractivity contribution in [2.75, 3.05) is 18.1 Å². The first-order valence-electron chi connectivity index (χ1n) is 10.3. The fraction of sp³-hybridized carbons (Fsp3) is 0.348. The molecule has 156 valence electrons. The van der Waals surface area contributed by atoms with E-state index in [1.165, 1.54) is 12.1 Å². The Hall–Kier alpha value is -3.22. The van der Waals surface area contributed by atoms with Gasteiger partial charge in [0.1, 0.15) is 5.82 Å². The molecule has 0 fully saturated rings. The molecule has 0 N–H and O–H groups in total. The predicted octanol–water partition coefficient (Wildman–Crippen LogP) is 4.09. The minimum atomic E-state index is -1.12. The fourth-order valence-corrected chi connectivity index (χ4v) is 4.07. The van der Waals surface area contributed by atoms with Crippen molar-refractivity contribution in [3.8, 4) is 0 Å². The average Bonchev–Trinajstić information content (AvgIpc) is 3.11. The van der Waals surface area contributed by atoms with Gasteiger partial charge >= 0.3 is 5.97 Å². The Morgan fingerprint density at radius 3 is 2.70 bits per heavy atom. The maximum Gasteiger partial charge on any atom is 0.321 e. The summed E-state index contributed by atoms with van der Waals surface area (Å²) in [6.07, 6.45) is 1.66. The zero-order valence-electron chi connectivity index (χ0n) is 17.0. The molecule has 2 heterocycles. The van der Waals surface area contributed by atoms with Crippen molar-refractivity contribution in [1.29, 1.82) is 0 Å². The second kappa shape index (κ2) is 8.26. The summed E-state index contributed by atoms with van der Waals surface area (Å²) in [7, 11) is 0. The lowest BCUT2D eigenvalue weighted by Crippen LogP contribution is -2.50. The van der Waals surface area contributed by atoms with Crippen LogP contribution in [0.2, 0.25) is 0 Å². The molecule has 4 rings (SSSR count). The van der Waals surface area contributed by atoms with E-state index >= 15 is 0 Å². The summed E-state index contributed by atoms with van der Waals surface area (Å²) in [5.74, 6) is -2.04. The van der Waals surface area contributed by atoms with Crippen LogP contribution in [0.1, 0.15) is 38.3 Å². The number of hydrogen-bond acceptors (Lipinski definition) is 4. The molecule has 0 unspecified atom stereocenters. The minimum Gasteiger partial charge on any atom is -0.465 e. The second-order valence-corrected chi connectivity index (χ2v) is 7.34. The predicted molar refractivity (Wildman–Crippen MR) is 112 cm³/mol. The summed E-state index contributed by atoms with van der Waals surface area (Å²) < 4.78 is 21.3. The van der Waals surface area contributed by atoms with Crippen molar-refractivity contribution in [3.05, 3.63) is 59.9 Å². The van der Waals surface area contributed by atoms with E-state index in [4.69, 9.17) is 9.72 Å². The highest BCUT2D eigenvalue weighted by atomic mass is 19.1. The molecule has 1 aromatic heterocycles. The number of benzene rings is 2. The van der Waals surface area contributed by atoms with Gasteiger partial charge in [0.2, 0.25) is 11.9 Å². The number of nitrogens with zero attached hydrogens (tertiary/aromatic N) is 3. The highest BCUT2D eigenvalue weighted by Gasteiger charge is 2.47. The summed E-state index contributed by atoms with van der Waals surface area (Å²) in [5.41, 5.74) is 2.03. The van der Waals surface area contributed by atoms with Gasteiger partial charge in [-0.15, -0.1) is 0 Å². The number of amides is 1. The maximum absolute atomic E-state index is 14.1. The van der Waals surface area contributed by atoms with Gasteiger partial charge in [-0.25, -0.2) is 9.37 Å². The van der Waals surface area contributed by atoms with Crippen molar-refractivity contribution in [1.82, 2.24) is 9.55 Å². The van der Waals surface area contributed by atoms with Crippen molar-refractivity contribution in [2.45, 2.75) is 32.7 Å². The Morgan fingerprint density at radius 1 is 1.17 bits per heavy atom. The van der Waals surface area contributed by atoms with E-state index < -0.39 is 23.7 Å². The highest BCUT2D eigenvalue weighted by Crippen LogP contribution is 2.41. The number of carbonyl (C=O) groups is 2. The number of imidazole rings is 1. The van der Waals surface area contributed by atoms with Crippen LogP contribution >= 0.6 is 0 Å². The molecular weight excluding hydrogens is 385 g/mol. The normalized spacial score (nSPS) is 18.5. The zero-order valence-corrected chi connectivity index (χ0v) is 17.0. The van der Waals surface area contributed by atoms with Gasteiger partial charge in [0, 0.05) is 6.54 Å². The topological polar surface area (TPSA) is 64.4 Å². The van der Waals surface area contributed by atoms with E-state index in [-0.39, 0.29) is 12.5 Å². The van der Waals surface area contributed by atoms with Crippen molar-refractivity contribution >= 4 is 28.9 Å². The molecular formula is C23H24FN3O3. The van der Waals surface area contributed by atoms with Crippen LogP contribution in [0, 0.1) is 11.7 Å². The van der Waals surface area contributed by atoms with E-state index in [1.54, 1.807) is 24.0 Å². The van der Waals surface area contributed by atoms with E-state index in [0.717, 1.165) is 18.4 Å². The molecule has 0 saturated heterocycles. The largest absolute Gasteiger partial charge is 0.465 e. The smallest absolute Gasteiger partial charge is 0.321 e. The number of carbonyl (C=O) groups excluding carboxylic acids is 2. The molecule has 1 amide bonds. The molecule has 3 aromatic rings. The summed E-state index contributed by atoms with van der Waals surface area (Å²) in [6, 6.07) is 12.8. The van der Waals surface area contributed by atoms with Crippen LogP contribution in [0.4, 0.5) is 10.3 Å². The number of hydrogen-bond donors (Lipinski definition) is 0. The van der Waals surface area contributed by atoms with Gasteiger partial charge in [-0.1, -0.05) is 37.6 Å². The number of unbranched alkanes of at least 4 members (excludes halogenated alkanes) is 1. The lowest BCUT2D eigenvalue weighted by molar-refractivity contribution is -0.153. The monoisotopic (exact) mass is 409 g/mol. The molecule has 30 heavy (non-hydrogen) atoms. The molecule has 1 aliphatic heterocycles. The molecule has 2 aromatic carbocycles. The zero-order chi connectivity index (χ0) is 21.3. The Bertz CT molecular complexity index is 1090. The molecule has 6 nitrogen and oxygen atoms in total. The Labute approximate surface area is 174 Å². The molecule has 0 aliphatic carbocycles. The SMILES string of the molecule is CCCCN1C(=O)[C@@H](C(=O)OCC)[C@H](c2cccc(F)c2)n2c1nc1ccccc12. The Balaban J connectivity index is 1.98. The first-order valence-corrected chi connectivity index (χ1v) is 10.3. The van der Waals surface area contributed by atoms with Crippen molar-refractivity contribution < 1.29 is 18.7 Å².